The van der Waals surface area contributed by atoms with Crippen molar-refractivity contribution in [1.29, 1.82) is 0 Å². The summed E-state index contributed by atoms with van der Waals surface area (Å²) in [5, 5.41) is 15.2. The van der Waals surface area contributed by atoms with Gasteiger partial charge < -0.3 is 70.9 Å². The monoisotopic (exact) mass is 570 g/mol. The molecule has 0 atom stereocenters. The third-order valence-corrected chi connectivity index (χ3v) is 6.21. The highest BCUT2D eigenvalue weighted by Gasteiger charge is 2.04. The quantitative estimate of drug-likeness (QED) is 0.115. The molecular formula is C28H38Cl4N4. The van der Waals surface area contributed by atoms with Gasteiger partial charge in [-0.05, 0) is 21.5 Å². The van der Waals surface area contributed by atoms with E-state index in [1.54, 1.807) is 0 Å². The van der Waals surface area contributed by atoms with Gasteiger partial charge in [-0.1, -0.05) is 84.9 Å². The molecule has 4 aromatic carbocycles. The fraction of sp³-hybridized carbons (Fsp3) is 0.286. The number of hydrogen-bond acceptors (Lipinski definition) is 0. The first-order valence-corrected chi connectivity index (χ1v) is 12.1. The van der Waals surface area contributed by atoms with Crippen LogP contribution in [0.5, 0.6) is 0 Å². The molecule has 0 aliphatic heterocycles. The maximum Gasteiger partial charge on any atom is 0.125 e. The minimum absolute atomic E-state index is 0. The second kappa shape index (κ2) is 19.5. The summed E-state index contributed by atoms with van der Waals surface area (Å²) < 4.78 is 0. The Morgan fingerprint density at radius 3 is 1.11 bits per heavy atom. The van der Waals surface area contributed by atoms with E-state index in [4.69, 9.17) is 0 Å². The molecule has 0 aliphatic carbocycles. The van der Waals surface area contributed by atoms with Crippen molar-refractivity contribution in [3.63, 3.8) is 0 Å². The summed E-state index contributed by atoms with van der Waals surface area (Å²) in [7, 11) is 0. The molecule has 0 aromatic heterocycles. The van der Waals surface area contributed by atoms with Crippen LogP contribution in [0.2, 0.25) is 0 Å². The molecule has 8 heteroatoms. The molecule has 4 nitrogen and oxygen atoms in total. The molecule has 0 amide bonds. The lowest BCUT2D eigenvalue weighted by Gasteiger charge is -2.06. The lowest BCUT2D eigenvalue weighted by molar-refractivity contribution is -0.767. The number of nitrogens with two attached hydrogens (primary N) is 4. The third-order valence-electron chi connectivity index (χ3n) is 6.21. The molecule has 198 valence electrons. The lowest BCUT2D eigenvalue weighted by Crippen LogP contribution is -3.00. The van der Waals surface area contributed by atoms with Crippen molar-refractivity contribution in [2.45, 2.75) is 13.1 Å². The van der Waals surface area contributed by atoms with Crippen LogP contribution < -0.4 is 70.9 Å². The highest BCUT2D eigenvalue weighted by atomic mass is 35.5. The molecular weight excluding hydrogens is 534 g/mol. The van der Waals surface area contributed by atoms with Gasteiger partial charge in [0, 0.05) is 11.1 Å². The van der Waals surface area contributed by atoms with Gasteiger partial charge in [0.1, 0.15) is 52.4 Å². The Morgan fingerprint density at radius 2 is 0.694 bits per heavy atom. The number of hydrogen-bond donors (Lipinski definition) is 4. The van der Waals surface area contributed by atoms with Crippen molar-refractivity contribution in [3.8, 4) is 0 Å². The second-order valence-corrected chi connectivity index (χ2v) is 8.57. The lowest BCUT2D eigenvalue weighted by atomic mass is 10.0. The van der Waals surface area contributed by atoms with E-state index in [-0.39, 0.29) is 49.6 Å². The van der Waals surface area contributed by atoms with Crippen LogP contribution in [-0.2, 0) is 13.1 Å². The van der Waals surface area contributed by atoms with E-state index in [2.05, 4.69) is 106 Å². The molecule has 4 rings (SSSR count). The van der Waals surface area contributed by atoms with E-state index in [0.717, 1.165) is 13.1 Å². The standard InChI is InChI=1S/C28H34N4.4ClH/c1-3-13-27-23(7-1)9-5-11-25(27)21-31-19-17-29-15-16-30-18-20-32-22-26-12-6-10-24-8-2-4-14-28(24)26;;;;/h1-14,29-32H,15-22H2;4*1H. The molecule has 8 N–H and O–H groups in total. The van der Waals surface area contributed by atoms with Gasteiger partial charge >= 0.3 is 0 Å². The zero-order valence-corrected chi connectivity index (χ0v) is 23.6. The molecule has 0 saturated heterocycles. The van der Waals surface area contributed by atoms with Crippen molar-refractivity contribution in [2.24, 2.45) is 0 Å². The summed E-state index contributed by atoms with van der Waals surface area (Å²) in [4.78, 5) is 0. The van der Waals surface area contributed by atoms with E-state index in [0.29, 0.717) is 0 Å². The Bertz CT molecular complexity index is 1030. The molecule has 0 heterocycles. The SMILES string of the molecule is [Cl-].[Cl-].[Cl-].[Cl-].c1ccc2c(C[NH2+]CC[NH2+]CC[NH2+]CC[NH2+]Cc3cccc4ccccc34)cccc2c1. The molecule has 0 fully saturated rings. The normalized spacial score (nSPS) is 10.1. The second-order valence-electron chi connectivity index (χ2n) is 8.57. The maximum absolute atomic E-state index is 2.45. The zero-order chi connectivity index (χ0) is 21.8. The van der Waals surface area contributed by atoms with Gasteiger partial charge in [0.15, 0.2) is 0 Å². The fourth-order valence-electron chi connectivity index (χ4n) is 4.45. The predicted octanol–water partition coefficient (Wildman–Crippen LogP) is -12.0. The number of benzene rings is 4. The summed E-state index contributed by atoms with van der Waals surface area (Å²) >= 11 is 0. The van der Waals surface area contributed by atoms with Gasteiger partial charge in [0.05, 0.1) is 0 Å². The summed E-state index contributed by atoms with van der Waals surface area (Å²) in [5.41, 5.74) is 2.88. The number of halogens is 4. The molecule has 0 unspecified atom stereocenters. The minimum atomic E-state index is 0. The molecule has 36 heavy (non-hydrogen) atoms. The van der Waals surface area contributed by atoms with E-state index in [9.17, 15) is 0 Å². The van der Waals surface area contributed by atoms with Crippen molar-refractivity contribution < 1.29 is 70.9 Å². The van der Waals surface area contributed by atoms with E-state index in [1.807, 2.05) is 0 Å². The van der Waals surface area contributed by atoms with Crippen molar-refractivity contribution in [2.75, 3.05) is 39.3 Å². The largest absolute Gasteiger partial charge is 1.00 e. The highest BCUT2D eigenvalue weighted by Crippen LogP contribution is 2.18. The van der Waals surface area contributed by atoms with Crippen molar-refractivity contribution >= 4 is 21.5 Å². The highest BCUT2D eigenvalue weighted by molar-refractivity contribution is 5.86. The molecule has 0 bridgehead atoms. The van der Waals surface area contributed by atoms with Gasteiger partial charge in [-0.3, -0.25) is 0 Å². The Morgan fingerprint density at radius 1 is 0.361 bits per heavy atom. The first-order valence-electron chi connectivity index (χ1n) is 12.1. The number of rotatable bonds is 13. The number of fused-ring (bicyclic) bond motifs is 2. The zero-order valence-electron chi connectivity index (χ0n) is 20.6. The summed E-state index contributed by atoms with van der Waals surface area (Å²) in [6.45, 7) is 9.24. The third kappa shape index (κ3) is 10.4. The Kier molecular flexibility index (Phi) is 18.6. The molecule has 0 saturated carbocycles. The van der Waals surface area contributed by atoms with E-state index < -0.39 is 0 Å². The predicted molar refractivity (Wildman–Crippen MR) is 132 cm³/mol. The molecule has 0 aliphatic rings. The first kappa shape index (κ1) is 34.4. The van der Waals surface area contributed by atoms with Gasteiger partial charge in [0.2, 0.25) is 0 Å². The Balaban J connectivity index is 0.00000306. The van der Waals surface area contributed by atoms with Gasteiger partial charge in [-0.15, -0.1) is 0 Å². The van der Waals surface area contributed by atoms with Gasteiger partial charge in [-0.2, -0.15) is 0 Å². The van der Waals surface area contributed by atoms with Crippen LogP contribution in [0.15, 0.2) is 84.9 Å². The van der Waals surface area contributed by atoms with Crippen LogP contribution in [0.4, 0.5) is 0 Å². The first-order chi connectivity index (χ1) is 15.9. The summed E-state index contributed by atoms with van der Waals surface area (Å²) in [6, 6.07) is 30.6. The summed E-state index contributed by atoms with van der Waals surface area (Å²) in [5.74, 6) is 0. The minimum Gasteiger partial charge on any atom is -1.00 e. The van der Waals surface area contributed by atoms with Crippen molar-refractivity contribution in [3.05, 3.63) is 96.1 Å². The average Bonchev–Trinajstić information content (AvgIpc) is 2.85. The summed E-state index contributed by atoms with van der Waals surface area (Å²) in [6.07, 6.45) is 0. The van der Waals surface area contributed by atoms with Crippen LogP contribution >= 0.6 is 0 Å². The van der Waals surface area contributed by atoms with Gasteiger partial charge in [0.25, 0.3) is 0 Å². The maximum atomic E-state index is 2.45. The Hall–Kier alpha value is -1.60. The topological polar surface area (TPSA) is 66.4 Å². The smallest absolute Gasteiger partial charge is 0.125 e. The molecule has 0 spiro atoms. The van der Waals surface area contributed by atoms with Crippen LogP contribution in [0.3, 0.4) is 0 Å². The van der Waals surface area contributed by atoms with Crippen LogP contribution in [-0.4, -0.2) is 39.3 Å². The molecule has 4 aromatic rings. The van der Waals surface area contributed by atoms with E-state index >= 15 is 0 Å². The van der Waals surface area contributed by atoms with Crippen LogP contribution in [0, 0.1) is 0 Å². The van der Waals surface area contributed by atoms with Crippen LogP contribution in [0.1, 0.15) is 11.1 Å². The van der Waals surface area contributed by atoms with Gasteiger partial charge in [-0.25, -0.2) is 0 Å². The van der Waals surface area contributed by atoms with E-state index in [1.165, 1.54) is 71.9 Å². The fourth-order valence-corrected chi connectivity index (χ4v) is 4.45. The Labute approximate surface area is 240 Å². The van der Waals surface area contributed by atoms with Crippen LogP contribution in [0.25, 0.3) is 21.5 Å². The average molecular weight is 572 g/mol. The van der Waals surface area contributed by atoms with Crippen molar-refractivity contribution in [1.82, 2.24) is 0 Å². The molecule has 0 radical (unpaired) electrons. The number of quaternary nitrogens is 4.